The van der Waals surface area contributed by atoms with Crippen LogP contribution in [0.4, 0.5) is 4.39 Å². The quantitative estimate of drug-likeness (QED) is 0.877. The van der Waals surface area contributed by atoms with Crippen molar-refractivity contribution >= 4 is 0 Å². The number of ether oxygens (including phenoxy) is 1. The SMILES string of the molecule is CCn1ncc(OC)c1C1(F)CCCNCC1. The van der Waals surface area contributed by atoms with E-state index in [1.165, 1.54) is 0 Å². The van der Waals surface area contributed by atoms with Crippen LogP contribution in [0.5, 0.6) is 5.75 Å². The van der Waals surface area contributed by atoms with Crippen molar-refractivity contribution in [3.8, 4) is 5.75 Å². The lowest BCUT2D eigenvalue weighted by atomic mass is 9.92. The number of hydrogen-bond acceptors (Lipinski definition) is 3. The van der Waals surface area contributed by atoms with Gasteiger partial charge in [-0.25, -0.2) is 4.39 Å². The smallest absolute Gasteiger partial charge is 0.163 e. The van der Waals surface area contributed by atoms with E-state index in [-0.39, 0.29) is 0 Å². The lowest BCUT2D eigenvalue weighted by molar-refractivity contribution is 0.127. The highest BCUT2D eigenvalue weighted by atomic mass is 19.1. The standard InChI is InChI=1S/C12H20FN3O/c1-3-16-11(10(17-2)9-15-16)12(13)5-4-7-14-8-6-12/h9,14H,3-8H2,1-2H3. The summed E-state index contributed by atoms with van der Waals surface area (Å²) in [5, 5.41) is 7.42. The molecule has 4 nitrogen and oxygen atoms in total. The fourth-order valence-electron chi connectivity index (χ4n) is 2.48. The Bertz CT molecular complexity index is 348. The molecule has 1 atom stereocenters. The number of rotatable bonds is 3. The van der Waals surface area contributed by atoms with E-state index in [1.807, 2.05) is 6.92 Å². The van der Waals surface area contributed by atoms with Crippen LogP contribution in [0, 0.1) is 0 Å². The van der Waals surface area contributed by atoms with Crippen LogP contribution in [0.1, 0.15) is 31.9 Å². The van der Waals surface area contributed by atoms with Gasteiger partial charge >= 0.3 is 0 Å². The number of aryl methyl sites for hydroxylation is 1. The summed E-state index contributed by atoms with van der Waals surface area (Å²) in [7, 11) is 1.57. The van der Waals surface area contributed by atoms with Gasteiger partial charge in [-0.1, -0.05) is 0 Å². The zero-order valence-electron chi connectivity index (χ0n) is 10.5. The van der Waals surface area contributed by atoms with Crippen LogP contribution in [0.3, 0.4) is 0 Å². The average molecular weight is 241 g/mol. The molecule has 0 aliphatic carbocycles. The molecule has 2 heterocycles. The molecule has 96 valence electrons. The molecule has 2 rings (SSSR count). The van der Waals surface area contributed by atoms with E-state index in [9.17, 15) is 0 Å². The van der Waals surface area contributed by atoms with Gasteiger partial charge in [0, 0.05) is 6.54 Å². The Labute approximate surface area is 101 Å². The van der Waals surface area contributed by atoms with Gasteiger partial charge in [-0.15, -0.1) is 0 Å². The second-order valence-electron chi connectivity index (χ2n) is 4.45. The molecule has 1 unspecified atom stereocenters. The van der Waals surface area contributed by atoms with E-state index >= 15 is 4.39 Å². The first-order valence-corrected chi connectivity index (χ1v) is 6.21. The number of halogens is 1. The summed E-state index contributed by atoms with van der Waals surface area (Å²) in [5.74, 6) is 0.566. The summed E-state index contributed by atoms with van der Waals surface area (Å²) < 4.78 is 22.1. The third-order valence-electron chi connectivity index (χ3n) is 3.37. The van der Waals surface area contributed by atoms with Crippen LogP contribution in [0.15, 0.2) is 6.20 Å². The van der Waals surface area contributed by atoms with Crippen molar-refractivity contribution in [1.29, 1.82) is 0 Å². The van der Waals surface area contributed by atoms with Gasteiger partial charge in [-0.2, -0.15) is 5.10 Å². The van der Waals surface area contributed by atoms with Gasteiger partial charge in [0.1, 0.15) is 5.69 Å². The zero-order chi connectivity index (χ0) is 12.3. The van der Waals surface area contributed by atoms with E-state index in [1.54, 1.807) is 18.0 Å². The van der Waals surface area contributed by atoms with Crippen LogP contribution in [0.25, 0.3) is 0 Å². The maximum atomic E-state index is 15.1. The third-order valence-corrected chi connectivity index (χ3v) is 3.37. The fourth-order valence-corrected chi connectivity index (χ4v) is 2.48. The minimum atomic E-state index is -1.32. The van der Waals surface area contributed by atoms with Gasteiger partial charge in [0.25, 0.3) is 0 Å². The number of nitrogens with one attached hydrogen (secondary N) is 1. The lowest BCUT2D eigenvalue weighted by Gasteiger charge is -2.25. The van der Waals surface area contributed by atoms with Crippen LogP contribution in [-0.4, -0.2) is 30.0 Å². The third kappa shape index (κ3) is 2.29. The van der Waals surface area contributed by atoms with E-state index < -0.39 is 5.67 Å². The molecule has 0 spiro atoms. The normalized spacial score (nSPS) is 25.6. The minimum Gasteiger partial charge on any atom is -0.493 e. The molecule has 1 saturated heterocycles. The monoisotopic (exact) mass is 241 g/mol. The summed E-state index contributed by atoms with van der Waals surface area (Å²) in [6.45, 7) is 4.22. The highest BCUT2D eigenvalue weighted by Crippen LogP contribution is 2.40. The van der Waals surface area contributed by atoms with E-state index in [0.29, 0.717) is 37.4 Å². The highest BCUT2D eigenvalue weighted by Gasteiger charge is 2.38. The van der Waals surface area contributed by atoms with Gasteiger partial charge in [0.15, 0.2) is 11.4 Å². The topological polar surface area (TPSA) is 39.1 Å². The molecular formula is C12H20FN3O. The molecule has 1 aliphatic rings. The van der Waals surface area contributed by atoms with Crippen molar-refractivity contribution in [2.75, 3.05) is 20.2 Å². The predicted molar refractivity (Wildman–Crippen MR) is 64.0 cm³/mol. The molecule has 0 aromatic carbocycles. The van der Waals surface area contributed by atoms with E-state index in [4.69, 9.17) is 4.74 Å². The second-order valence-corrected chi connectivity index (χ2v) is 4.45. The summed E-state index contributed by atoms with van der Waals surface area (Å²) in [6.07, 6.45) is 3.46. The summed E-state index contributed by atoms with van der Waals surface area (Å²) in [5.41, 5.74) is -0.715. The maximum Gasteiger partial charge on any atom is 0.163 e. The van der Waals surface area contributed by atoms with Crippen molar-refractivity contribution in [2.45, 2.75) is 38.4 Å². The summed E-state index contributed by atoms with van der Waals surface area (Å²) >= 11 is 0. The van der Waals surface area contributed by atoms with Crippen molar-refractivity contribution in [1.82, 2.24) is 15.1 Å². The van der Waals surface area contributed by atoms with Crippen molar-refractivity contribution in [3.63, 3.8) is 0 Å². The van der Waals surface area contributed by atoms with Crippen molar-refractivity contribution in [3.05, 3.63) is 11.9 Å². The van der Waals surface area contributed by atoms with Crippen molar-refractivity contribution < 1.29 is 9.13 Å². The van der Waals surface area contributed by atoms with Gasteiger partial charge in [0.2, 0.25) is 0 Å². The number of methoxy groups -OCH3 is 1. The lowest BCUT2D eigenvalue weighted by Crippen LogP contribution is -2.26. The number of alkyl halides is 1. The Balaban J connectivity index is 2.38. The number of nitrogens with zero attached hydrogens (tertiary/aromatic N) is 2. The first-order valence-electron chi connectivity index (χ1n) is 6.21. The molecule has 1 N–H and O–H groups in total. The molecule has 1 aromatic rings. The van der Waals surface area contributed by atoms with Gasteiger partial charge in [0.05, 0.1) is 13.3 Å². The highest BCUT2D eigenvalue weighted by molar-refractivity contribution is 5.31. The molecule has 0 amide bonds. The van der Waals surface area contributed by atoms with E-state index in [2.05, 4.69) is 10.4 Å². The Morgan fingerprint density at radius 3 is 3.06 bits per heavy atom. The summed E-state index contributed by atoms with van der Waals surface area (Å²) in [6, 6.07) is 0. The Morgan fingerprint density at radius 1 is 1.53 bits per heavy atom. The number of hydrogen-bond donors (Lipinski definition) is 1. The molecule has 1 aromatic heterocycles. The van der Waals surface area contributed by atoms with Crippen LogP contribution in [0.2, 0.25) is 0 Å². The zero-order valence-corrected chi connectivity index (χ0v) is 10.5. The molecule has 5 heteroatoms. The first-order chi connectivity index (χ1) is 8.21. The summed E-state index contributed by atoms with van der Waals surface area (Å²) in [4.78, 5) is 0. The van der Waals surface area contributed by atoms with Gasteiger partial charge in [-0.05, 0) is 39.3 Å². The molecule has 17 heavy (non-hydrogen) atoms. The Morgan fingerprint density at radius 2 is 2.35 bits per heavy atom. The number of aromatic nitrogens is 2. The maximum absolute atomic E-state index is 15.1. The Kier molecular flexibility index (Phi) is 3.66. The van der Waals surface area contributed by atoms with Gasteiger partial charge in [-0.3, -0.25) is 4.68 Å². The molecule has 1 fully saturated rings. The van der Waals surface area contributed by atoms with E-state index in [0.717, 1.165) is 13.0 Å². The molecule has 0 bridgehead atoms. The predicted octanol–water partition coefficient (Wildman–Crippen LogP) is 1.85. The molecule has 1 aliphatic heterocycles. The van der Waals surface area contributed by atoms with Gasteiger partial charge < -0.3 is 10.1 Å². The van der Waals surface area contributed by atoms with Crippen LogP contribution in [-0.2, 0) is 12.2 Å². The molecule has 0 radical (unpaired) electrons. The molecule has 0 saturated carbocycles. The Hall–Kier alpha value is -1.10. The first kappa shape index (κ1) is 12.4. The second kappa shape index (κ2) is 5.04. The van der Waals surface area contributed by atoms with Crippen LogP contribution < -0.4 is 10.1 Å². The fraction of sp³-hybridized carbons (Fsp3) is 0.750. The van der Waals surface area contributed by atoms with Crippen LogP contribution >= 0.6 is 0 Å². The largest absolute Gasteiger partial charge is 0.493 e. The average Bonchev–Trinajstić information content (AvgIpc) is 2.65. The minimum absolute atomic E-state index is 0.481. The van der Waals surface area contributed by atoms with Crippen molar-refractivity contribution in [2.24, 2.45) is 0 Å². The molecular weight excluding hydrogens is 221 g/mol.